The van der Waals surface area contributed by atoms with E-state index in [1.54, 1.807) is 16.4 Å². The fourth-order valence-electron chi connectivity index (χ4n) is 3.36. The van der Waals surface area contributed by atoms with Crippen molar-refractivity contribution in [3.63, 3.8) is 0 Å². The highest BCUT2D eigenvalue weighted by atomic mass is 32.2. The van der Waals surface area contributed by atoms with Crippen LogP contribution >= 0.6 is 0 Å². The van der Waals surface area contributed by atoms with Crippen LogP contribution in [0.2, 0.25) is 0 Å². The van der Waals surface area contributed by atoms with Gasteiger partial charge in [0.2, 0.25) is 10.0 Å². The number of rotatable bonds is 6. The summed E-state index contributed by atoms with van der Waals surface area (Å²) in [6.07, 6.45) is 1.84. The Bertz CT molecular complexity index is 584. The zero-order valence-electron chi connectivity index (χ0n) is 14.8. The molecule has 5 heteroatoms. The third kappa shape index (κ3) is 4.14. The van der Waals surface area contributed by atoms with E-state index in [0.717, 1.165) is 25.9 Å². The van der Waals surface area contributed by atoms with Crippen LogP contribution in [0.3, 0.4) is 0 Å². The first kappa shape index (κ1) is 18.4. The fraction of sp³-hybridized carbons (Fsp3) is 0.667. The van der Waals surface area contributed by atoms with Crippen molar-refractivity contribution in [2.75, 3.05) is 26.2 Å². The lowest BCUT2D eigenvalue weighted by Crippen LogP contribution is -2.46. The van der Waals surface area contributed by atoms with Gasteiger partial charge in [-0.2, -0.15) is 4.31 Å². The van der Waals surface area contributed by atoms with Crippen LogP contribution in [0, 0.1) is 0 Å². The zero-order valence-corrected chi connectivity index (χ0v) is 15.6. The van der Waals surface area contributed by atoms with Gasteiger partial charge in [-0.05, 0) is 49.5 Å². The van der Waals surface area contributed by atoms with Crippen LogP contribution in [0.25, 0.3) is 0 Å². The third-order valence-electron chi connectivity index (χ3n) is 4.94. The van der Waals surface area contributed by atoms with Gasteiger partial charge in [0.25, 0.3) is 0 Å². The van der Waals surface area contributed by atoms with E-state index in [-0.39, 0.29) is 0 Å². The van der Waals surface area contributed by atoms with Crippen LogP contribution in [-0.4, -0.2) is 49.8 Å². The van der Waals surface area contributed by atoms with Crippen molar-refractivity contribution >= 4 is 10.0 Å². The number of piperidine rings is 1. The maximum Gasteiger partial charge on any atom is 0.243 e. The van der Waals surface area contributed by atoms with Gasteiger partial charge in [0.05, 0.1) is 4.90 Å². The average molecular weight is 339 g/mol. The molecule has 0 amide bonds. The minimum atomic E-state index is -3.35. The molecule has 0 spiro atoms. The number of nitrogens with zero attached hydrogens (tertiary/aromatic N) is 2. The summed E-state index contributed by atoms with van der Waals surface area (Å²) in [5.74, 6) is 0.413. The molecule has 1 aliphatic heterocycles. The van der Waals surface area contributed by atoms with E-state index in [1.165, 1.54) is 5.56 Å². The molecule has 1 aliphatic rings. The number of sulfonamides is 1. The summed E-state index contributed by atoms with van der Waals surface area (Å²) in [6.45, 7) is 11.9. The van der Waals surface area contributed by atoms with Gasteiger partial charge in [0.15, 0.2) is 0 Å². The molecule has 0 radical (unpaired) electrons. The maximum absolute atomic E-state index is 12.8. The van der Waals surface area contributed by atoms with Gasteiger partial charge in [-0.25, -0.2) is 8.42 Å². The molecule has 1 aromatic rings. The van der Waals surface area contributed by atoms with Crippen LogP contribution in [0.15, 0.2) is 29.2 Å². The molecule has 1 aromatic carbocycles. The molecule has 4 nitrogen and oxygen atoms in total. The van der Waals surface area contributed by atoms with E-state index in [1.807, 2.05) is 12.1 Å². The Hall–Kier alpha value is -0.910. The predicted molar refractivity (Wildman–Crippen MR) is 95.2 cm³/mol. The van der Waals surface area contributed by atoms with E-state index in [9.17, 15) is 8.42 Å². The lowest BCUT2D eigenvalue weighted by molar-refractivity contribution is 0.152. The van der Waals surface area contributed by atoms with Gasteiger partial charge in [-0.1, -0.05) is 39.8 Å². The van der Waals surface area contributed by atoms with Gasteiger partial charge in [0, 0.05) is 19.1 Å². The van der Waals surface area contributed by atoms with E-state index >= 15 is 0 Å². The van der Waals surface area contributed by atoms with E-state index in [4.69, 9.17) is 0 Å². The summed E-state index contributed by atoms with van der Waals surface area (Å²) in [5, 5.41) is 0. The lowest BCUT2D eigenvalue weighted by atomic mass is 10.0. The molecule has 1 saturated heterocycles. The van der Waals surface area contributed by atoms with Crippen LogP contribution in [-0.2, 0) is 10.0 Å². The topological polar surface area (TPSA) is 40.6 Å². The Kier molecular flexibility index (Phi) is 6.23. The molecule has 2 rings (SSSR count). The Morgan fingerprint density at radius 3 is 2.04 bits per heavy atom. The van der Waals surface area contributed by atoms with Crippen molar-refractivity contribution in [3.8, 4) is 0 Å². The summed E-state index contributed by atoms with van der Waals surface area (Å²) >= 11 is 0. The Morgan fingerprint density at radius 2 is 1.61 bits per heavy atom. The molecule has 0 saturated carbocycles. The quantitative estimate of drug-likeness (QED) is 0.799. The average Bonchev–Trinajstić information content (AvgIpc) is 2.56. The van der Waals surface area contributed by atoms with Gasteiger partial charge < -0.3 is 4.90 Å². The second-order valence-electron chi connectivity index (χ2n) is 6.58. The molecular formula is C18H30N2O2S. The van der Waals surface area contributed by atoms with E-state index < -0.39 is 10.0 Å². The lowest BCUT2D eigenvalue weighted by Gasteiger charge is -2.37. The molecule has 0 atom stereocenters. The number of benzene rings is 1. The van der Waals surface area contributed by atoms with Gasteiger partial charge in [-0.15, -0.1) is 0 Å². The summed E-state index contributed by atoms with van der Waals surface area (Å²) in [6, 6.07) is 7.88. The predicted octanol–water partition coefficient (Wildman–Crippen LogP) is 3.30. The number of hydrogen-bond donors (Lipinski definition) is 0. The molecule has 0 unspecified atom stereocenters. The largest absolute Gasteiger partial charge is 0.301 e. The molecule has 130 valence electrons. The second-order valence-corrected chi connectivity index (χ2v) is 8.52. The first-order valence-corrected chi connectivity index (χ1v) is 10.2. The zero-order chi connectivity index (χ0) is 17.0. The van der Waals surface area contributed by atoms with Crippen LogP contribution in [0.1, 0.15) is 52.0 Å². The Balaban J connectivity index is 2.07. The van der Waals surface area contributed by atoms with E-state index in [0.29, 0.717) is 29.9 Å². The molecule has 0 aromatic heterocycles. The summed E-state index contributed by atoms with van der Waals surface area (Å²) < 4.78 is 27.2. The van der Waals surface area contributed by atoms with Crippen LogP contribution in [0.4, 0.5) is 0 Å². The molecule has 0 aliphatic carbocycles. The molecule has 0 bridgehead atoms. The summed E-state index contributed by atoms with van der Waals surface area (Å²) in [5.41, 5.74) is 1.17. The molecule has 23 heavy (non-hydrogen) atoms. The molecule has 1 fully saturated rings. The summed E-state index contributed by atoms with van der Waals surface area (Å²) in [4.78, 5) is 2.85. The van der Waals surface area contributed by atoms with Crippen LogP contribution in [0.5, 0.6) is 0 Å². The van der Waals surface area contributed by atoms with Gasteiger partial charge in [-0.3, -0.25) is 0 Å². The smallest absolute Gasteiger partial charge is 0.243 e. The van der Waals surface area contributed by atoms with Crippen molar-refractivity contribution in [1.29, 1.82) is 0 Å². The van der Waals surface area contributed by atoms with Crippen molar-refractivity contribution < 1.29 is 8.42 Å². The van der Waals surface area contributed by atoms with Crippen molar-refractivity contribution in [2.45, 2.75) is 57.4 Å². The van der Waals surface area contributed by atoms with Gasteiger partial charge >= 0.3 is 0 Å². The minimum Gasteiger partial charge on any atom is -0.301 e. The van der Waals surface area contributed by atoms with Crippen molar-refractivity contribution in [1.82, 2.24) is 9.21 Å². The standard InChI is InChI=1S/C18H30N2O2S/c1-5-19(6-2)17-11-13-20(14-12-17)23(21,22)18-9-7-16(8-10-18)15(3)4/h7-10,15,17H,5-6,11-14H2,1-4H3. The summed E-state index contributed by atoms with van der Waals surface area (Å²) in [7, 11) is -3.35. The Morgan fingerprint density at radius 1 is 1.09 bits per heavy atom. The Labute approximate surface area is 141 Å². The first-order valence-electron chi connectivity index (χ1n) is 8.74. The van der Waals surface area contributed by atoms with Crippen molar-refractivity contribution in [3.05, 3.63) is 29.8 Å². The highest BCUT2D eigenvalue weighted by Crippen LogP contribution is 2.24. The monoisotopic (exact) mass is 338 g/mol. The molecule has 0 N–H and O–H groups in total. The highest BCUT2D eigenvalue weighted by molar-refractivity contribution is 7.89. The first-order chi connectivity index (χ1) is 10.9. The minimum absolute atomic E-state index is 0.413. The molecular weight excluding hydrogens is 308 g/mol. The fourth-order valence-corrected chi connectivity index (χ4v) is 4.83. The second kappa shape index (κ2) is 7.77. The molecule has 1 heterocycles. The highest BCUT2D eigenvalue weighted by Gasteiger charge is 2.30. The van der Waals surface area contributed by atoms with Crippen molar-refractivity contribution in [2.24, 2.45) is 0 Å². The SMILES string of the molecule is CCN(CC)C1CCN(S(=O)(=O)c2ccc(C(C)C)cc2)CC1. The maximum atomic E-state index is 12.8. The number of hydrogen-bond acceptors (Lipinski definition) is 3. The van der Waals surface area contributed by atoms with E-state index in [2.05, 4.69) is 32.6 Å². The van der Waals surface area contributed by atoms with Gasteiger partial charge in [0.1, 0.15) is 0 Å². The van der Waals surface area contributed by atoms with Crippen LogP contribution < -0.4 is 0 Å². The third-order valence-corrected chi connectivity index (χ3v) is 6.85. The normalized spacial score (nSPS) is 18.0.